The molecule has 122 valence electrons. The van der Waals surface area contributed by atoms with E-state index in [1.165, 1.54) is 4.57 Å². The zero-order chi connectivity index (χ0) is 17.1. The van der Waals surface area contributed by atoms with Crippen molar-refractivity contribution < 1.29 is 4.79 Å². The fourth-order valence-corrected chi connectivity index (χ4v) is 2.65. The second-order valence-corrected chi connectivity index (χ2v) is 6.22. The molecular weight excluding hydrogens is 288 g/mol. The van der Waals surface area contributed by atoms with Gasteiger partial charge in [0.15, 0.2) is 0 Å². The third kappa shape index (κ3) is 3.52. The molecule has 2 rings (SSSR count). The number of aromatic nitrogens is 1. The number of rotatable bonds is 4. The van der Waals surface area contributed by atoms with E-state index in [1.54, 1.807) is 11.9 Å². The van der Waals surface area contributed by atoms with E-state index in [1.807, 2.05) is 64.1 Å². The molecule has 0 aliphatic heterocycles. The first-order valence-corrected chi connectivity index (χ1v) is 7.85. The molecule has 1 aromatic heterocycles. The highest BCUT2D eigenvalue weighted by Crippen LogP contribution is 2.14. The molecule has 0 aliphatic rings. The maximum Gasteiger partial charge on any atom is 0.263 e. The number of benzene rings is 1. The molecule has 0 saturated heterocycles. The monoisotopic (exact) mass is 312 g/mol. The molecule has 1 aromatic carbocycles. The number of carbonyl (C=O) groups is 1. The Kier molecular flexibility index (Phi) is 5.04. The molecule has 4 heteroatoms. The predicted molar refractivity (Wildman–Crippen MR) is 92.6 cm³/mol. The van der Waals surface area contributed by atoms with Gasteiger partial charge < -0.3 is 9.47 Å². The molecule has 0 fully saturated rings. The highest BCUT2D eigenvalue weighted by molar-refractivity contribution is 5.95. The lowest BCUT2D eigenvalue weighted by Crippen LogP contribution is -2.41. The van der Waals surface area contributed by atoms with E-state index >= 15 is 0 Å². The molecule has 0 N–H and O–H groups in total. The fraction of sp³-hybridized carbons (Fsp3) is 0.368. The van der Waals surface area contributed by atoms with Gasteiger partial charge in [-0.1, -0.05) is 30.3 Å². The molecule has 2 aromatic rings. The second kappa shape index (κ2) is 6.82. The van der Waals surface area contributed by atoms with Crippen molar-refractivity contribution in [2.75, 3.05) is 0 Å². The Hall–Kier alpha value is -2.36. The van der Waals surface area contributed by atoms with Crippen LogP contribution in [0.15, 0.2) is 41.2 Å². The first-order chi connectivity index (χ1) is 10.8. The van der Waals surface area contributed by atoms with Crippen molar-refractivity contribution >= 4 is 5.91 Å². The van der Waals surface area contributed by atoms with Crippen molar-refractivity contribution in [3.63, 3.8) is 0 Å². The lowest BCUT2D eigenvalue weighted by molar-refractivity contribution is 0.0687. The normalized spacial score (nSPS) is 10.9. The van der Waals surface area contributed by atoms with E-state index in [2.05, 4.69) is 0 Å². The third-order valence-corrected chi connectivity index (χ3v) is 4.16. The maximum atomic E-state index is 13.0. The number of nitrogens with zero attached hydrogens (tertiary/aromatic N) is 2. The summed E-state index contributed by atoms with van der Waals surface area (Å²) in [5.41, 5.74) is 2.67. The number of aryl methyl sites for hydroxylation is 2. The number of carbonyl (C=O) groups excluding carboxylic acids is 1. The Morgan fingerprint density at radius 3 is 2.35 bits per heavy atom. The standard InChI is InChI=1S/C19H24N2O2/c1-13(2)21(12-16-9-7-6-8-10-16)19(23)17-14(3)11-15(4)20(5)18(17)22/h6-11,13H,12H2,1-5H3. The van der Waals surface area contributed by atoms with E-state index in [9.17, 15) is 9.59 Å². The maximum absolute atomic E-state index is 13.0. The first-order valence-electron chi connectivity index (χ1n) is 7.85. The van der Waals surface area contributed by atoms with Gasteiger partial charge in [0.25, 0.3) is 11.5 Å². The van der Waals surface area contributed by atoms with Crippen LogP contribution in [0.2, 0.25) is 0 Å². The Labute approximate surface area is 137 Å². The predicted octanol–water partition coefficient (Wildman–Crippen LogP) is 3.05. The largest absolute Gasteiger partial charge is 0.332 e. The van der Waals surface area contributed by atoms with Crippen molar-refractivity contribution in [1.29, 1.82) is 0 Å². The second-order valence-electron chi connectivity index (χ2n) is 6.22. The van der Waals surface area contributed by atoms with E-state index in [0.29, 0.717) is 6.54 Å². The molecule has 0 bridgehead atoms. The SMILES string of the molecule is Cc1cc(C)n(C)c(=O)c1C(=O)N(Cc1ccccc1)C(C)C. The topological polar surface area (TPSA) is 42.3 Å². The molecule has 0 radical (unpaired) electrons. The third-order valence-electron chi connectivity index (χ3n) is 4.16. The Morgan fingerprint density at radius 1 is 1.17 bits per heavy atom. The summed E-state index contributed by atoms with van der Waals surface area (Å²) in [5, 5.41) is 0. The van der Waals surface area contributed by atoms with Crippen LogP contribution in [0.1, 0.15) is 41.0 Å². The highest BCUT2D eigenvalue weighted by atomic mass is 16.2. The van der Waals surface area contributed by atoms with Crippen LogP contribution in [0.5, 0.6) is 0 Å². The van der Waals surface area contributed by atoms with Crippen LogP contribution in [0.3, 0.4) is 0 Å². The smallest absolute Gasteiger partial charge is 0.263 e. The number of hydrogen-bond acceptors (Lipinski definition) is 2. The van der Waals surface area contributed by atoms with E-state index in [4.69, 9.17) is 0 Å². The van der Waals surface area contributed by atoms with Crippen molar-refractivity contribution in [1.82, 2.24) is 9.47 Å². The first kappa shape index (κ1) is 17.0. The average Bonchev–Trinajstić information content (AvgIpc) is 2.51. The van der Waals surface area contributed by atoms with Crippen molar-refractivity contribution in [2.45, 2.75) is 40.3 Å². The molecule has 1 heterocycles. The Balaban J connectivity index is 2.44. The molecule has 0 spiro atoms. The van der Waals surface area contributed by atoms with Gasteiger partial charge in [-0.3, -0.25) is 9.59 Å². The summed E-state index contributed by atoms with van der Waals surface area (Å²) < 4.78 is 1.53. The van der Waals surface area contributed by atoms with Gasteiger partial charge in [0.2, 0.25) is 0 Å². The molecule has 0 unspecified atom stereocenters. The van der Waals surface area contributed by atoms with Crippen molar-refractivity contribution in [3.05, 3.63) is 69.1 Å². The minimum atomic E-state index is -0.230. The number of hydrogen-bond donors (Lipinski definition) is 0. The van der Waals surface area contributed by atoms with Crippen LogP contribution in [0, 0.1) is 13.8 Å². The Morgan fingerprint density at radius 2 is 1.78 bits per heavy atom. The molecular formula is C19H24N2O2. The van der Waals surface area contributed by atoms with E-state index in [-0.39, 0.29) is 23.1 Å². The lowest BCUT2D eigenvalue weighted by atomic mass is 10.1. The minimum Gasteiger partial charge on any atom is -0.332 e. The van der Waals surface area contributed by atoms with Crippen LogP contribution in [-0.4, -0.2) is 21.4 Å². The van der Waals surface area contributed by atoms with Crippen LogP contribution >= 0.6 is 0 Å². The minimum absolute atomic E-state index is 0.00751. The van der Waals surface area contributed by atoms with Gasteiger partial charge in [-0.2, -0.15) is 0 Å². The van der Waals surface area contributed by atoms with Gasteiger partial charge in [-0.05, 0) is 44.9 Å². The summed E-state index contributed by atoms with van der Waals surface area (Å²) in [7, 11) is 1.70. The zero-order valence-corrected chi connectivity index (χ0v) is 14.5. The van der Waals surface area contributed by atoms with Gasteiger partial charge in [0.1, 0.15) is 5.56 Å². The molecule has 0 saturated carbocycles. The van der Waals surface area contributed by atoms with Gasteiger partial charge in [-0.25, -0.2) is 0 Å². The number of pyridine rings is 1. The van der Waals surface area contributed by atoms with Gasteiger partial charge in [0.05, 0.1) is 0 Å². The van der Waals surface area contributed by atoms with Crippen LogP contribution in [-0.2, 0) is 13.6 Å². The highest BCUT2D eigenvalue weighted by Gasteiger charge is 2.24. The lowest BCUT2D eigenvalue weighted by Gasteiger charge is -2.27. The number of amides is 1. The average molecular weight is 312 g/mol. The quantitative estimate of drug-likeness (QED) is 0.871. The summed E-state index contributed by atoms with van der Waals surface area (Å²) in [6, 6.07) is 11.7. The summed E-state index contributed by atoms with van der Waals surface area (Å²) in [5.74, 6) is -0.207. The molecule has 1 amide bonds. The zero-order valence-electron chi connectivity index (χ0n) is 14.5. The van der Waals surface area contributed by atoms with Crippen molar-refractivity contribution in [2.24, 2.45) is 7.05 Å². The van der Waals surface area contributed by atoms with Crippen molar-refractivity contribution in [3.8, 4) is 0 Å². The molecule has 0 atom stereocenters. The molecule has 0 aliphatic carbocycles. The van der Waals surface area contributed by atoms with Gasteiger partial charge in [0, 0.05) is 25.3 Å². The van der Waals surface area contributed by atoms with E-state index < -0.39 is 0 Å². The van der Waals surface area contributed by atoms with E-state index in [0.717, 1.165) is 16.8 Å². The summed E-state index contributed by atoms with van der Waals surface area (Å²) in [4.78, 5) is 27.3. The van der Waals surface area contributed by atoms with Gasteiger partial charge >= 0.3 is 0 Å². The fourth-order valence-electron chi connectivity index (χ4n) is 2.65. The Bertz CT molecular complexity index is 761. The van der Waals surface area contributed by atoms with Crippen LogP contribution in [0.4, 0.5) is 0 Å². The van der Waals surface area contributed by atoms with Crippen LogP contribution < -0.4 is 5.56 Å². The summed E-state index contributed by atoms with van der Waals surface area (Å²) in [6.45, 7) is 8.12. The summed E-state index contributed by atoms with van der Waals surface area (Å²) >= 11 is 0. The van der Waals surface area contributed by atoms with Gasteiger partial charge in [-0.15, -0.1) is 0 Å². The van der Waals surface area contributed by atoms with Crippen LogP contribution in [0.25, 0.3) is 0 Å². The molecule has 4 nitrogen and oxygen atoms in total. The summed E-state index contributed by atoms with van der Waals surface area (Å²) in [6.07, 6.45) is 0. The molecule has 23 heavy (non-hydrogen) atoms.